The van der Waals surface area contributed by atoms with Gasteiger partial charge in [-0.05, 0) is 91.2 Å². The molecule has 0 radical (unpaired) electrons. The lowest BCUT2D eigenvalue weighted by Gasteiger charge is -2.15. The normalized spacial score (nSPS) is 11.0. The molecule has 7 heteroatoms. The van der Waals surface area contributed by atoms with Crippen molar-refractivity contribution in [3.8, 4) is 34.0 Å². The van der Waals surface area contributed by atoms with Crippen LogP contribution in [0.3, 0.4) is 0 Å². The van der Waals surface area contributed by atoms with Crippen LogP contribution in [0.2, 0.25) is 0 Å². The predicted molar refractivity (Wildman–Crippen MR) is 165 cm³/mol. The van der Waals surface area contributed by atoms with Gasteiger partial charge in [-0.3, -0.25) is 4.79 Å². The van der Waals surface area contributed by atoms with Gasteiger partial charge in [0, 0.05) is 11.3 Å². The van der Waals surface area contributed by atoms with Gasteiger partial charge in [0.2, 0.25) is 0 Å². The molecule has 42 heavy (non-hydrogen) atoms. The standard InChI is InChI=1S/C35H31N3O4/c1-25(2)42-34(39)24-41-31-19-13-26(14-20-31)23-36-37-35(40)29-15-17-30(18-16-29)38-32(27-9-5-3-6-10-27)21-22-33(38)28-11-7-4-8-12-28/h3-23,25H,24H2,1-2H3,(H,37,40)/b36-23-. The van der Waals surface area contributed by atoms with Gasteiger partial charge in [0.05, 0.1) is 23.7 Å². The Morgan fingerprint density at radius 2 is 1.33 bits per heavy atom. The highest BCUT2D eigenvalue weighted by atomic mass is 16.6. The fourth-order valence-electron chi connectivity index (χ4n) is 4.46. The number of benzene rings is 4. The summed E-state index contributed by atoms with van der Waals surface area (Å²) < 4.78 is 12.7. The quantitative estimate of drug-likeness (QED) is 0.115. The fourth-order valence-corrected chi connectivity index (χ4v) is 4.46. The molecule has 0 unspecified atom stereocenters. The third-order valence-corrected chi connectivity index (χ3v) is 6.39. The monoisotopic (exact) mass is 557 g/mol. The van der Waals surface area contributed by atoms with Crippen molar-refractivity contribution in [2.75, 3.05) is 6.61 Å². The Morgan fingerprint density at radius 1 is 0.762 bits per heavy atom. The molecule has 0 spiro atoms. The molecule has 0 aliphatic heterocycles. The van der Waals surface area contributed by atoms with Crippen LogP contribution in [0.4, 0.5) is 0 Å². The highest BCUT2D eigenvalue weighted by Gasteiger charge is 2.14. The minimum atomic E-state index is -0.423. The summed E-state index contributed by atoms with van der Waals surface area (Å²) in [5, 5.41) is 4.09. The SMILES string of the molecule is CC(C)OC(=O)COc1ccc(/C=N\NC(=O)c2ccc(-n3c(-c4ccccc4)ccc3-c3ccccc3)cc2)cc1. The topological polar surface area (TPSA) is 81.9 Å². The number of amides is 1. The third-order valence-electron chi connectivity index (χ3n) is 6.39. The van der Waals surface area contributed by atoms with Crippen molar-refractivity contribution < 1.29 is 19.1 Å². The smallest absolute Gasteiger partial charge is 0.344 e. The fraction of sp³-hybridized carbons (Fsp3) is 0.114. The maximum Gasteiger partial charge on any atom is 0.344 e. The second-order valence-electron chi connectivity index (χ2n) is 9.81. The van der Waals surface area contributed by atoms with E-state index < -0.39 is 5.97 Å². The first kappa shape index (κ1) is 28.1. The van der Waals surface area contributed by atoms with Crippen LogP contribution < -0.4 is 10.2 Å². The number of carbonyl (C=O) groups excluding carboxylic acids is 2. The van der Waals surface area contributed by atoms with E-state index in [0.29, 0.717) is 11.3 Å². The van der Waals surface area contributed by atoms with Crippen LogP contribution in [-0.4, -0.2) is 35.4 Å². The molecule has 0 fully saturated rings. The average Bonchev–Trinajstić information content (AvgIpc) is 3.47. The van der Waals surface area contributed by atoms with Crippen molar-refractivity contribution in [3.63, 3.8) is 0 Å². The van der Waals surface area contributed by atoms with Crippen LogP contribution in [-0.2, 0) is 9.53 Å². The summed E-state index contributed by atoms with van der Waals surface area (Å²) in [6.45, 7) is 3.41. The Kier molecular flexibility index (Phi) is 8.89. The molecule has 210 valence electrons. The van der Waals surface area contributed by atoms with E-state index in [9.17, 15) is 9.59 Å². The molecule has 0 saturated carbocycles. The number of hydrogen-bond donors (Lipinski definition) is 1. The number of aromatic nitrogens is 1. The largest absolute Gasteiger partial charge is 0.482 e. The first-order valence-electron chi connectivity index (χ1n) is 13.7. The van der Waals surface area contributed by atoms with Gasteiger partial charge in [-0.1, -0.05) is 60.7 Å². The Morgan fingerprint density at radius 3 is 1.88 bits per heavy atom. The summed E-state index contributed by atoms with van der Waals surface area (Å²) in [7, 11) is 0. The van der Waals surface area contributed by atoms with Crippen LogP contribution in [0.1, 0.15) is 29.8 Å². The van der Waals surface area contributed by atoms with E-state index in [-0.39, 0.29) is 18.6 Å². The van der Waals surface area contributed by atoms with E-state index in [1.54, 1.807) is 56.5 Å². The molecule has 0 saturated heterocycles. The lowest BCUT2D eigenvalue weighted by molar-refractivity contribution is -0.149. The van der Waals surface area contributed by atoms with Crippen molar-refractivity contribution in [2.24, 2.45) is 5.10 Å². The van der Waals surface area contributed by atoms with Gasteiger partial charge in [0.25, 0.3) is 5.91 Å². The molecule has 0 aliphatic carbocycles. The Labute approximate surface area is 245 Å². The molecule has 1 N–H and O–H groups in total. The first-order chi connectivity index (χ1) is 20.5. The van der Waals surface area contributed by atoms with Gasteiger partial charge < -0.3 is 14.0 Å². The molecule has 0 aliphatic rings. The number of esters is 1. The highest BCUT2D eigenvalue weighted by molar-refractivity contribution is 5.95. The van der Waals surface area contributed by atoms with E-state index in [1.165, 1.54) is 0 Å². The summed E-state index contributed by atoms with van der Waals surface area (Å²) in [4.78, 5) is 24.4. The Hall–Kier alpha value is -5.43. The molecule has 1 amide bonds. The molecule has 1 aromatic heterocycles. The number of ether oxygens (including phenoxy) is 2. The second-order valence-corrected chi connectivity index (χ2v) is 9.81. The van der Waals surface area contributed by atoms with Gasteiger partial charge in [0.15, 0.2) is 6.61 Å². The van der Waals surface area contributed by atoms with Crippen LogP contribution in [0.25, 0.3) is 28.2 Å². The Bertz CT molecular complexity index is 1600. The van der Waals surface area contributed by atoms with Gasteiger partial charge >= 0.3 is 5.97 Å². The van der Waals surface area contributed by atoms with Crippen molar-refractivity contribution in [1.82, 2.24) is 9.99 Å². The number of hydrogen-bond acceptors (Lipinski definition) is 5. The summed E-state index contributed by atoms with van der Waals surface area (Å²) in [6.07, 6.45) is 1.36. The molecule has 0 atom stereocenters. The first-order valence-corrected chi connectivity index (χ1v) is 13.7. The van der Waals surface area contributed by atoms with Crippen LogP contribution in [0.5, 0.6) is 5.75 Å². The molecule has 4 aromatic carbocycles. The number of nitrogens with one attached hydrogen (secondary N) is 1. The lowest BCUT2D eigenvalue weighted by Crippen LogP contribution is -2.18. The summed E-state index contributed by atoms with van der Waals surface area (Å²) in [5.74, 6) is -0.209. The van der Waals surface area contributed by atoms with E-state index in [4.69, 9.17) is 9.47 Å². The summed E-state index contributed by atoms with van der Waals surface area (Å²) >= 11 is 0. The minimum Gasteiger partial charge on any atom is -0.482 e. The van der Waals surface area contributed by atoms with Crippen LogP contribution >= 0.6 is 0 Å². The number of carbonyl (C=O) groups is 2. The van der Waals surface area contributed by atoms with Crippen molar-refractivity contribution in [2.45, 2.75) is 20.0 Å². The van der Waals surface area contributed by atoms with Crippen molar-refractivity contribution >= 4 is 18.1 Å². The third kappa shape index (κ3) is 7.01. The molecule has 5 aromatic rings. The molecule has 0 bridgehead atoms. The maximum absolute atomic E-state index is 12.8. The molecular formula is C35H31N3O4. The summed E-state index contributed by atoms with van der Waals surface area (Å²) in [5.41, 5.74) is 9.09. The van der Waals surface area contributed by atoms with E-state index in [1.807, 2.05) is 48.5 Å². The maximum atomic E-state index is 12.8. The zero-order chi connectivity index (χ0) is 29.3. The van der Waals surface area contributed by atoms with Gasteiger partial charge in [-0.25, -0.2) is 10.2 Å². The van der Waals surface area contributed by atoms with Crippen molar-refractivity contribution in [1.29, 1.82) is 0 Å². The van der Waals surface area contributed by atoms with Gasteiger partial charge in [0.1, 0.15) is 5.75 Å². The molecule has 5 rings (SSSR count). The Balaban J connectivity index is 1.26. The van der Waals surface area contributed by atoms with E-state index in [2.05, 4.69) is 51.5 Å². The van der Waals surface area contributed by atoms with Crippen LogP contribution in [0, 0.1) is 0 Å². The average molecular weight is 558 g/mol. The lowest BCUT2D eigenvalue weighted by atomic mass is 10.1. The van der Waals surface area contributed by atoms with Gasteiger partial charge in [-0.2, -0.15) is 5.10 Å². The molecule has 7 nitrogen and oxygen atoms in total. The summed E-state index contributed by atoms with van der Waals surface area (Å²) in [6, 6.07) is 39.2. The number of nitrogens with zero attached hydrogens (tertiary/aromatic N) is 2. The molecule has 1 heterocycles. The highest BCUT2D eigenvalue weighted by Crippen LogP contribution is 2.32. The minimum absolute atomic E-state index is 0.161. The van der Waals surface area contributed by atoms with E-state index in [0.717, 1.165) is 33.8 Å². The number of hydrazone groups is 1. The van der Waals surface area contributed by atoms with Gasteiger partial charge in [-0.15, -0.1) is 0 Å². The number of rotatable bonds is 10. The van der Waals surface area contributed by atoms with E-state index >= 15 is 0 Å². The molecular weight excluding hydrogens is 526 g/mol. The van der Waals surface area contributed by atoms with Crippen LogP contribution in [0.15, 0.2) is 126 Å². The second kappa shape index (κ2) is 13.3. The zero-order valence-electron chi connectivity index (χ0n) is 23.4. The predicted octanol–water partition coefficient (Wildman–Crippen LogP) is 6.91. The zero-order valence-corrected chi connectivity index (χ0v) is 23.4. The van der Waals surface area contributed by atoms with Crippen molar-refractivity contribution in [3.05, 3.63) is 132 Å².